The van der Waals surface area contributed by atoms with Crippen LogP contribution < -0.4 is 5.32 Å². The lowest BCUT2D eigenvalue weighted by molar-refractivity contribution is -0.387. The van der Waals surface area contributed by atoms with Crippen LogP contribution in [0, 0.1) is 21.7 Å². The molecule has 0 aromatic heterocycles. The van der Waals surface area contributed by atoms with E-state index in [1.165, 1.54) is 0 Å². The fourth-order valence-electron chi connectivity index (χ4n) is 1.94. The van der Waals surface area contributed by atoms with Gasteiger partial charge in [-0.15, -0.1) is 0 Å². The van der Waals surface area contributed by atoms with Crippen LogP contribution in [0.5, 0.6) is 0 Å². The number of hydrogen-bond donors (Lipinski definition) is 1. The molecule has 0 heterocycles. The van der Waals surface area contributed by atoms with E-state index in [9.17, 15) is 23.7 Å². The Hall–Kier alpha value is -2.05. The Labute approximate surface area is 115 Å². The molecular formula is C13H16F2N2O3. The van der Waals surface area contributed by atoms with Crippen LogP contribution in [0.15, 0.2) is 12.1 Å². The monoisotopic (exact) mass is 286 g/mol. The van der Waals surface area contributed by atoms with Crippen molar-refractivity contribution in [1.29, 1.82) is 0 Å². The molecular weight excluding hydrogens is 270 g/mol. The van der Waals surface area contributed by atoms with Gasteiger partial charge in [-0.2, -0.15) is 4.39 Å². The molecule has 20 heavy (non-hydrogen) atoms. The minimum absolute atomic E-state index is 0.448. The number of rotatable bonds is 5. The molecule has 1 rings (SSSR count). The molecule has 0 bridgehead atoms. The van der Waals surface area contributed by atoms with E-state index in [0.29, 0.717) is 18.6 Å². The highest BCUT2D eigenvalue weighted by atomic mass is 19.1. The van der Waals surface area contributed by atoms with Crippen molar-refractivity contribution in [3.63, 3.8) is 0 Å². The van der Waals surface area contributed by atoms with Gasteiger partial charge in [0, 0.05) is 5.54 Å². The number of nitrogens with one attached hydrogen (secondary N) is 1. The topological polar surface area (TPSA) is 72.2 Å². The third-order valence-corrected chi connectivity index (χ3v) is 2.79. The van der Waals surface area contributed by atoms with Gasteiger partial charge < -0.3 is 5.32 Å². The van der Waals surface area contributed by atoms with E-state index in [1.807, 2.05) is 6.92 Å². The van der Waals surface area contributed by atoms with Gasteiger partial charge >= 0.3 is 5.69 Å². The van der Waals surface area contributed by atoms with E-state index in [0.717, 1.165) is 6.42 Å². The smallest absolute Gasteiger partial charge is 0.308 e. The summed E-state index contributed by atoms with van der Waals surface area (Å²) in [6.07, 6.45) is 1.43. The Bertz CT molecular complexity index is 545. The molecule has 0 radical (unpaired) electrons. The Balaban J connectivity index is 3.14. The molecule has 0 atom stereocenters. The average molecular weight is 286 g/mol. The van der Waals surface area contributed by atoms with Gasteiger partial charge in [0.25, 0.3) is 5.91 Å². The first-order valence-electron chi connectivity index (χ1n) is 6.14. The van der Waals surface area contributed by atoms with Crippen LogP contribution in [0.1, 0.15) is 44.0 Å². The summed E-state index contributed by atoms with van der Waals surface area (Å²) in [7, 11) is 0. The van der Waals surface area contributed by atoms with Crippen molar-refractivity contribution >= 4 is 11.6 Å². The van der Waals surface area contributed by atoms with Crippen LogP contribution in [0.25, 0.3) is 0 Å². The quantitative estimate of drug-likeness (QED) is 0.667. The molecule has 0 fully saturated rings. The van der Waals surface area contributed by atoms with Crippen molar-refractivity contribution < 1.29 is 18.5 Å². The van der Waals surface area contributed by atoms with Gasteiger partial charge in [0.1, 0.15) is 5.82 Å². The Morgan fingerprint density at radius 3 is 2.50 bits per heavy atom. The Kier molecular flexibility index (Phi) is 4.75. The zero-order valence-corrected chi connectivity index (χ0v) is 11.5. The molecule has 0 spiro atoms. The number of carbonyl (C=O) groups is 1. The number of halogens is 2. The second kappa shape index (κ2) is 5.94. The predicted molar refractivity (Wildman–Crippen MR) is 69.5 cm³/mol. The zero-order valence-electron chi connectivity index (χ0n) is 11.5. The minimum atomic E-state index is -1.33. The van der Waals surface area contributed by atoms with Gasteiger partial charge in [0.2, 0.25) is 5.82 Å². The first kappa shape index (κ1) is 16.0. The standard InChI is InChI=1S/C13H16F2N2O3/c1-4-5-13(2,3)16-12(18)9-6-8(14)7-10(11(9)15)17(19)20/h6-7H,4-5H2,1-3H3,(H,16,18). The molecule has 5 nitrogen and oxygen atoms in total. The fraction of sp³-hybridized carbons (Fsp3) is 0.462. The SMILES string of the molecule is CCCC(C)(C)NC(=O)c1cc(F)cc([N+](=O)[O-])c1F. The van der Waals surface area contributed by atoms with Gasteiger partial charge in [-0.25, -0.2) is 4.39 Å². The largest absolute Gasteiger partial charge is 0.347 e. The third kappa shape index (κ3) is 3.72. The first-order chi connectivity index (χ1) is 9.18. The number of benzene rings is 1. The van der Waals surface area contributed by atoms with Crippen molar-refractivity contribution in [2.75, 3.05) is 0 Å². The van der Waals surface area contributed by atoms with E-state index in [2.05, 4.69) is 5.32 Å². The van der Waals surface area contributed by atoms with Crippen LogP contribution in [-0.4, -0.2) is 16.4 Å². The maximum Gasteiger partial charge on any atom is 0.308 e. The number of nitrogens with zero attached hydrogens (tertiary/aromatic N) is 1. The first-order valence-corrected chi connectivity index (χ1v) is 6.14. The van der Waals surface area contributed by atoms with Crippen molar-refractivity contribution in [2.45, 2.75) is 39.2 Å². The van der Waals surface area contributed by atoms with Crippen molar-refractivity contribution in [2.24, 2.45) is 0 Å². The second-order valence-corrected chi connectivity index (χ2v) is 5.13. The van der Waals surface area contributed by atoms with E-state index in [4.69, 9.17) is 0 Å². The molecule has 0 aliphatic heterocycles. The summed E-state index contributed by atoms with van der Waals surface area (Å²) >= 11 is 0. The summed E-state index contributed by atoms with van der Waals surface area (Å²) in [5.74, 6) is -3.23. The lowest BCUT2D eigenvalue weighted by atomic mass is 9.98. The van der Waals surface area contributed by atoms with Crippen LogP contribution in [0.2, 0.25) is 0 Å². The maximum absolute atomic E-state index is 13.8. The van der Waals surface area contributed by atoms with E-state index >= 15 is 0 Å². The second-order valence-electron chi connectivity index (χ2n) is 5.13. The van der Waals surface area contributed by atoms with Gasteiger partial charge in [-0.3, -0.25) is 14.9 Å². The van der Waals surface area contributed by atoms with Crippen LogP contribution >= 0.6 is 0 Å². The molecule has 0 aliphatic rings. The summed E-state index contributed by atoms with van der Waals surface area (Å²) in [4.78, 5) is 21.5. The van der Waals surface area contributed by atoms with E-state index in [-0.39, 0.29) is 0 Å². The van der Waals surface area contributed by atoms with Crippen LogP contribution in [-0.2, 0) is 0 Å². The molecule has 0 saturated carbocycles. The predicted octanol–water partition coefficient (Wildman–Crippen LogP) is 3.18. The normalized spacial score (nSPS) is 11.2. The lowest BCUT2D eigenvalue weighted by Gasteiger charge is -2.25. The molecule has 1 N–H and O–H groups in total. The third-order valence-electron chi connectivity index (χ3n) is 2.79. The average Bonchev–Trinajstić information content (AvgIpc) is 2.30. The summed E-state index contributed by atoms with van der Waals surface area (Å²) in [6, 6.07) is 1.10. The summed E-state index contributed by atoms with van der Waals surface area (Å²) in [5, 5.41) is 13.1. The number of amides is 1. The number of hydrogen-bond acceptors (Lipinski definition) is 3. The molecule has 0 unspecified atom stereocenters. The molecule has 0 saturated heterocycles. The maximum atomic E-state index is 13.8. The van der Waals surface area contributed by atoms with Crippen molar-refractivity contribution in [3.8, 4) is 0 Å². The summed E-state index contributed by atoms with van der Waals surface area (Å²) in [6.45, 7) is 5.39. The van der Waals surface area contributed by atoms with Crippen LogP contribution in [0.3, 0.4) is 0 Å². The van der Waals surface area contributed by atoms with Crippen LogP contribution in [0.4, 0.5) is 14.5 Å². The molecule has 1 aromatic carbocycles. The molecule has 0 aliphatic carbocycles. The highest BCUT2D eigenvalue weighted by molar-refractivity contribution is 5.95. The molecule has 1 aromatic rings. The summed E-state index contributed by atoms with van der Waals surface area (Å²) in [5.41, 5.74) is -2.33. The highest BCUT2D eigenvalue weighted by Gasteiger charge is 2.27. The van der Waals surface area contributed by atoms with Gasteiger partial charge in [-0.05, 0) is 26.3 Å². The van der Waals surface area contributed by atoms with Gasteiger partial charge in [0.05, 0.1) is 16.6 Å². The fourth-order valence-corrected chi connectivity index (χ4v) is 1.94. The minimum Gasteiger partial charge on any atom is -0.347 e. The Morgan fingerprint density at radius 2 is 2.00 bits per heavy atom. The Morgan fingerprint density at radius 1 is 1.40 bits per heavy atom. The summed E-state index contributed by atoms with van der Waals surface area (Å²) < 4.78 is 27.1. The highest BCUT2D eigenvalue weighted by Crippen LogP contribution is 2.23. The number of carbonyl (C=O) groups excluding carboxylic acids is 1. The van der Waals surface area contributed by atoms with E-state index in [1.54, 1.807) is 13.8 Å². The van der Waals surface area contributed by atoms with E-state index < -0.39 is 39.3 Å². The molecule has 1 amide bonds. The molecule has 7 heteroatoms. The van der Waals surface area contributed by atoms with Crippen molar-refractivity contribution in [3.05, 3.63) is 39.4 Å². The number of nitro benzene ring substituents is 1. The van der Waals surface area contributed by atoms with Gasteiger partial charge in [0.15, 0.2) is 0 Å². The lowest BCUT2D eigenvalue weighted by Crippen LogP contribution is -2.43. The number of nitro groups is 1. The van der Waals surface area contributed by atoms with Gasteiger partial charge in [-0.1, -0.05) is 13.3 Å². The zero-order chi connectivity index (χ0) is 15.5. The van der Waals surface area contributed by atoms with Crippen molar-refractivity contribution in [1.82, 2.24) is 5.32 Å². The molecule has 110 valence electrons.